The monoisotopic (exact) mass is 272 g/mol. The fraction of sp³-hybridized carbons (Fsp3) is 0.800. The fourth-order valence-corrected chi connectivity index (χ4v) is 0. The summed E-state index contributed by atoms with van der Waals surface area (Å²) in [5.41, 5.74) is 9.81. The zero-order valence-electron chi connectivity index (χ0n) is 11.6. The van der Waals surface area contributed by atoms with Gasteiger partial charge in [0.15, 0.2) is 0 Å². The van der Waals surface area contributed by atoms with E-state index >= 15 is 0 Å². The second-order valence-corrected chi connectivity index (χ2v) is 2.25. The highest BCUT2D eigenvalue weighted by Gasteiger charge is 1.65. The number of hydrogen-bond acceptors (Lipinski definition) is 6. The second kappa shape index (κ2) is 44.7. The van der Waals surface area contributed by atoms with Crippen LogP contribution in [-0.2, 0) is 9.59 Å². The van der Waals surface area contributed by atoms with Crippen molar-refractivity contribution in [3.63, 3.8) is 0 Å². The van der Waals surface area contributed by atoms with E-state index in [0.29, 0.717) is 13.1 Å². The van der Waals surface area contributed by atoms with E-state index in [1.807, 2.05) is 0 Å². The number of aliphatic hydroxyl groups excluding tert-OH is 2. The molecule has 0 aromatic carbocycles. The lowest BCUT2D eigenvalue weighted by atomic mass is 10.7. The molecule has 0 aromatic heterocycles. The highest BCUT2D eigenvalue weighted by molar-refractivity contribution is 5.63. The Hall–Kier alpha value is -1.22. The van der Waals surface area contributed by atoms with E-state index in [0.717, 1.165) is 13.8 Å². The summed E-state index contributed by atoms with van der Waals surface area (Å²) in [5, 5.41) is 30.0. The lowest BCUT2D eigenvalue weighted by Crippen LogP contribution is -2.11. The number of rotatable bonds is 1. The van der Waals surface area contributed by atoms with Crippen LogP contribution in [0.5, 0.6) is 0 Å². The minimum atomic E-state index is -0.833. The molecular formula is C10H28N2O6. The van der Waals surface area contributed by atoms with Crippen LogP contribution in [0.1, 0.15) is 27.7 Å². The van der Waals surface area contributed by atoms with Crippen LogP contribution in [0.4, 0.5) is 0 Å². The van der Waals surface area contributed by atoms with E-state index in [-0.39, 0.29) is 13.2 Å². The number of nitrogens with two attached hydrogens (primary N) is 2. The Morgan fingerprint density at radius 1 is 0.833 bits per heavy atom. The second-order valence-electron chi connectivity index (χ2n) is 2.25. The molecule has 0 spiro atoms. The molecule has 0 bridgehead atoms. The van der Waals surface area contributed by atoms with Gasteiger partial charge in [0.2, 0.25) is 0 Å². The number of carbonyl (C=O) groups is 2. The van der Waals surface area contributed by atoms with Gasteiger partial charge in [-0.2, -0.15) is 0 Å². The molecule has 114 valence electrons. The van der Waals surface area contributed by atoms with Crippen LogP contribution < -0.4 is 11.5 Å². The molecule has 0 amide bonds. The van der Waals surface area contributed by atoms with Gasteiger partial charge in [0.05, 0.1) is 0 Å². The topological polar surface area (TPSA) is 167 Å². The van der Waals surface area contributed by atoms with Crippen LogP contribution in [0.2, 0.25) is 0 Å². The number of carboxylic acids is 2. The van der Waals surface area contributed by atoms with E-state index in [9.17, 15) is 0 Å². The Labute approximate surface area is 108 Å². The van der Waals surface area contributed by atoms with E-state index in [2.05, 4.69) is 0 Å². The predicted molar refractivity (Wildman–Crippen MR) is 70.2 cm³/mol. The molecule has 0 fully saturated rings. The average molecular weight is 272 g/mol. The van der Waals surface area contributed by atoms with Crippen molar-refractivity contribution < 1.29 is 30.0 Å². The van der Waals surface area contributed by atoms with Crippen molar-refractivity contribution in [3.8, 4) is 0 Å². The summed E-state index contributed by atoms with van der Waals surface area (Å²) in [6.45, 7) is 7.22. The van der Waals surface area contributed by atoms with Crippen LogP contribution >= 0.6 is 0 Å². The fourth-order valence-electron chi connectivity index (χ4n) is 0. The van der Waals surface area contributed by atoms with Gasteiger partial charge in [-0.15, -0.1) is 0 Å². The molecule has 0 aliphatic carbocycles. The standard InChI is InChI=1S/C2H8N2.2C2H4O2.2C2H6O/c3-1-2-4;2*1-2(3)4;2*1-2-3/h1-4H2;2*1H3,(H,3,4);2*3H,2H2,1H3. The van der Waals surface area contributed by atoms with Crippen LogP contribution in [0.25, 0.3) is 0 Å². The summed E-state index contributed by atoms with van der Waals surface area (Å²) in [5.74, 6) is -1.67. The highest BCUT2D eigenvalue weighted by atomic mass is 16.4. The van der Waals surface area contributed by atoms with Crippen molar-refractivity contribution in [1.29, 1.82) is 0 Å². The van der Waals surface area contributed by atoms with Gasteiger partial charge >= 0.3 is 0 Å². The molecule has 0 rings (SSSR count). The minimum Gasteiger partial charge on any atom is -0.481 e. The summed E-state index contributed by atoms with van der Waals surface area (Å²) in [4.78, 5) is 18.0. The number of aliphatic hydroxyl groups is 2. The van der Waals surface area contributed by atoms with Gasteiger partial charge in [-0.3, -0.25) is 9.59 Å². The van der Waals surface area contributed by atoms with Crippen LogP contribution in [0.15, 0.2) is 0 Å². The van der Waals surface area contributed by atoms with E-state index in [4.69, 9.17) is 41.5 Å². The molecule has 0 aliphatic heterocycles. The predicted octanol–water partition coefficient (Wildman–Crippen LogP) is -0.917. The smallest absolute Gasteiger partial charge is 0.300 e. The largest absolute Gasteiger partial charge is 0.481 e. The number of carboxylic acid groups (broad SMARTS) is 2. The maximum atomic E-state index is 9.00. The molecule has 0 unspecified atom stereocenters. The molecule has 0 saturated carbocycles. The molecule has 0 atom stereocenters. The molecule has 18 heavy (non-hydrogen) atoms. The Balaban J connectivity index is -0.0000000394. The first-order valence-electron chi connectivity index (χ1n) is 5.22. The quantitative estimate of drug-likeness (QED) is 0.356. The molecule has 0 saturated heterocycles. The molecule has 0 aliphatic rings. The molecule has 8 nitrogen and oxygen atoms in total. The molecule has 0 aromatic rings. The first-order valence-corrected chi connectivity index (χ1v) is 5.22. The summed E-state index contributed by atoms with van der Waals surface area (Å²) in [6.07, 6.45) is 0. The molecular weight excluding hydrogens is 244 g/mol. The summed E-state index contributed by atoms with van der Waals surface area (Å²) in [7, 11) is 0. The van der Waals surface area contributed by atoms with Crippen LogP contribution in [0.3, 0.4) is 0 Å². The van der Waals surface area contributed by atoms with Crippen molar-refractivity contribution >= 4 is 11.9 Å². The van der Waals surface area contributed by atoms with E-state index < -0.39 is 11.9 Å². The third-order valence-electron chi connectivity index (χ3n) is 0.167. The molecule has 8 heteroatoms. The molecule has 0 heterocycles. The summed E-state index contributed by atoms with van der Waals surface area (Å²) >= 11 is 0. The lowest BCUT2D eigenvalue weighted by Gasteiger charge is -1.72. The third-order valence-corrected chi connectivity index (χ3v) is 0.167. The van der Waals surface area contributed by atoms with Gasteiger partial charge in [-0.1, -0.05) is 0 Å². The van der Waals surface area contributed by atoms with Gasteiger partial charge < -0.3 is 31.9 Å². The highest BCUT2D eigenvalue weighted by Crippen LogP contribution is 1.42. The van der Waals surface area contributed by atoms with Gasteiger partial charge in [-0.25, -0.2) is 0 Å². The maximum absolute atomic E-state index is 9.00. The van der Waals surface area contributed by atoms with E-state index in [1.54, 1.807) is 13.8 Å². The van der Waals surface area contributed by atoms with Crippen molar-refractivity contribution in [2.45, 2.75) is 27.7 Å². The van der Waals surface area contributed by atoms with Gasteiger partial charge in [0.1, 0.15) is 0 Å². The molecule has 0 radical (unpaired) electrons. The van der Waals surface area contributed by atoms with E-state index in [1.165, 1.54) is 0 Å². The summed E-state index contributed by atoms with van der Waals surface area (Å²) < 4.78 is 0. The SMILES string of the molecule is CC(=O)O.CC(=O)O.CCO.CCO.NCCN. The minimum absolute atomic E-state index is 0.250. The van der Waals surface area contributed by atoms with Crippen molar-refractivity contribution in [2.24, 2.45) is 11.5 Å². The Kier molecular flexibility index (Phi) is 74.8. The third kappa shape index (κ3) is 58000. The first-order chi connectivity index (χ1) is 8.21. The number of hydrogen-bond donors (Lipinski definition) is 6. The first kappa shape index (κ1) is 30.1. The Bertz CT molecular complexity index is 120. The van der Waals surface area contributed by atoms with Gasteiger partial charge in [0, 0.05) is 40.2 Å². The zero-order valence-corrected chi connectivity index (χ0v) is 11.6. The van der Waals surface area contributed by atoms with Crippen LogP contribution in [-0.4, -0.2) is 58.7 Å². The van der Waals surface area contributed by atoms with Crippen molar-refractivity contribution in [3.05, 3.63) is 0 Å². The lowest BCUT2D eigenvalue weighted by molar-refractivity contribution is -0.135. The average Bonchev–Trinajstić information content (AvgIpc) is 2.18. The molecule has 8 N–H and O–H groups in total. The Morgan fingerprint density at radius 2 is 0.889 bits per heavy atom. The normalized spacial score (nSPS) is 6.44. The van der Waals surface area contributed by atoms with Crippen molar-refractivity contribution in [1.82, 2.24) is 0 Å². The Morgan fingerprint density at radius 3 is 0.889 bits per heavy atom. The van der Waals surface area contributed by atoms with Crippen molar-refractivity contribution in [2.75, 3.05) is 26.3 Å². The number of aliphatic carboxylic acids is 2. The maximum Gasteiger partial charge on any atom is 0.300 e. The van der Waals surface area contributed by atoms with Gasteiger partial charge in [0.25, 0.3) is 11.9 Å². The zero-order chi connectivity index (χ0) is 16.0. The summed E-state index contributed by atoms with van der Waals surface area (Å²) in [6, 6.07) is 0. The van der Waals surface area contributed by atoms with Crippen LogP contribution in [0, 0.1) is 0 Å². The van der Waals surface area contributed by atoms with Gasteiger partial charge in [-0.05, 0) is 13.8 Å².